The van der Waals surface area contributed by atoms with Crippen molar-refractivity contribution < 1.29 is 8.78 Å². The van der Waals surface area contributed by atoms with Crippen LogP contribution in [-0.2, 0) is 6.42 Å². The van der Waals surface area contributed by atoms with Crippen LogP contribution in [-0.4, -0.2) is 58.9 Å². The van der Waals surface area contributed by atoms with E-state index in [0.717, 1.165) is 31.9 Å². The van der Waals surface area contributed by atoms with Gasteiger partial charge in [0.25, 0.3) is 11.6 Å². The molecule has 4 heterocycles. The first kappa shape index (κ1) is 17.9. The molecular weight excluding hydrogens is 356 g/mol. The van der Waals surface area contributed by atoms with Gasteiger partial charge in [-0.1, -0.05) is 6.92 Å². The molecule has 0 bridgehead atoms. The van der Waals surface area contributed by atoms with Crippen LogP contribution in [0.3, 0.4) is 0 Å². The first-order chi connectivity index (χ1) is 13.1. The quantitative estimate of drug-likeness (QED) is 0.833. The van der Waals surface area contributed by atoms with Gasteiger partial charge in [0, 0.05) is 45.0 Å². The van der Waals surface area contributed by atoms with Gasteiger partial charge >= 0.3 is 0 Å². The molecule has 0 saturated carbocycles. The van der Waals surface area contributed by atoms with E-state index < -0.39 is 6.08 Å². The Bertz CT molecular complexity index is 915. The standard InChI is InChI=1S/C17H23F2N7O/c1-2-12-13(24-9-5-20-6-10-24)15(27)26-16(21-12)22-17(23-26)25-7-3-11(4-8-25)14(18)19/h20H,2-10H2,1H3,(H,21,22,23). The number of hydrogen-bond donors (Lipinski definition) is 2. The highest BCUT2D eigenvalue weighted by molar-refractivity contribution is 5.54. The number of aryl methyl sites for hydroxylation is 1. The Morgan fingerprint density at radius 3 is 2.44 bits per heavy atom. The van der Waals surface area contributed by atoms with E-state index in [2.05, 4.69) is 25.3 Å². The first-order valence-electron chi connectivity index (χ1n) is 9.34. The number of fused-ring (bicyclic) bond motifs is 1. The number of aromatic amines is 1. The summed E-state index contributed by atoms with van der Waals surface area (Å²) in [4.78, 5) is 24.7. The average Bonchev–Trinajstić information content (AvgIpc) is 3.13. The Kier molecular flexibility index (Phi) is 4.81. The van der Waals surface area contributed by atoms with Gasteiger partial charge in [-0.15, -0.1) is 5.10 Å². The van der Waals surface area contributed by atoms with Crippen molar-refractivity contribution in [1.82, 2.24) is 24.9 Å². The molecule has 2 aliphatic rings. The van der Waals surface area contributed by atoms with Gasteiger partial charge in [-0.2, -0.15) is 18.3 Å². The lowest BCUT2D eigenvalue weighted by Crippen LogP contribution is -2.46. The second-order valence-corrected chi connectivity index (χ2v) is 6.85. The Hall–Kier alpha value is -2.49. The molecule has 0 atom stereocenters. The van der Waals surface area contributed by atoms with Crippen molar-refractivity contribution in [2.45, 2.75) is 26.2 Å². The summed E-state index contributed by atoms with van der Waals surface area (Å²) < 4.78 is 26.8. The van der Waals surface area contributed by atoms with Crippen LogP contribution >= 0.6 is 0 Å². The lowest BCUT2D eigenvalue weighted by molar-refractivity contribution is 0.399. The normalized spacial score (nSPS) is 18.4. The van der Waals surface area contributed by atoms with E-state index in [-0.39, 0.29) is 24.0 Å². The fourth-order valence-corrected chi connectivity index (χ4v) is 3.72. The van der Waals surface area contributed by atoms with Crippen molar-refractivity contribution in [2.24, 2.45) is 0 Å². The molecule has 0 aliphatic carbocycles. The Morgan fingerprint density at radius 1 is 1.11 bits per heavy atom. The highest BCUT2D eigenvalue weighted by Crippen LogP contribution is 2.24. The summed E-state index contributed by atoms with van der Waals surface area (Å²) in [5.41, 5.74) is 1.50. The predicted octanol–water partition coefficient (Wildman–Crippen LogP) is 1.14. The summed E-state index contributed by atoms with van der Waals surface area (Å²) in [5, 5.41) is 7.66. The Balaban J connectivity index is 1.69. The molecule has 2 aromatic heterocycles. The molecule has 0 spiro atoms. The molecule has 2 N–H and O–H groups in total. The first-order valence-corrected chi connectivity index (χ1v) is 9.34. The van der Waals surface area contributed by atoms with E-state index in [9.17, 15) is 13.6 Å². The third-order valence-corrected chi connectivity index (χ3v) is 5.24. The fourth-order valence-electron chi connectivity index (χ4n) is 3.72. The van der Waals surface area contributed by atoms with Crippen LogP contribution in [0.2, 0.25) is 0 Å². The van der Waals surface area contributed by atoms with E-state index in [1.165, 1.54) is 4.52 Å². The molecule has 27 heavy (non-hydrogen) atoms. The molecule has 0 radical (unpaired) electrons. The SMILES string of the molecule is CCc1[nH]c2nc(N3CCC(=C(F)F)CC3)nn2c(=O)c1N1CCNCC1. The molecule has 0 unspecified atom stereocenters. The number of anilines is 2. The number of hydrogen-bond acceptors (Lipinski definition) is 6. The average molecular weight is 379 g/mol. The maximum absolute atomic E-state index is 13.1. The zero-order valence-electron chi connectivity index (χ0n) is 15.3. The van der Waals surface area contributed by atoms with Gasteiger partial charge in [0.15, 0.2) is 0 Å². The summed E-state index contributed by atoms with van der Waals surface area (Å²) in [7, 11) is 0. The highest BCUT2D eigenvalue weighted by atomic mass is 19.3. The second kappa shape index (κ2) is 7.26. The summed E-state index contributed by atoms with van der Waals surface area (Å²) in [6.45, 7) is 6.02. The van der Waals surface area contributed by atoms with Crippen molar-refractivity contribution in [2.75, 3.05) is 49.1 Å². The summed E-state index contributed by atoms with van der Waals surface area (Å²) in [6.07, 6.45) is -0.321. The van der Waals surface area contributed by atoms with Gasteiger partial charge in [-0.3, -0.25) is 4.79 Å². The summed E-state index contributed by atoms with van der Waals surface area (Å²) in [6, 6.07) is 0. The van der Waals surface area contributed by atoms with E-state index in [1.807, 2.05) is 11.8 Å². The number of halogens is 2. The Morgan fingerprint density at radius 2 is 1.81 bits per heavy atom. The predicted molar refractivity (Wildman–Crippen MR) is 98.8 cm³/mol. The van der Waals surface area contributed by atoms with Gasteiger partial charge in [0.2, 0.25) is 11.7 Å². The summed E-state index contributed by atoms with van der Waals surface area (Å²) >= 11 is 0. The maximum atomic E-state index is 13.1. The molecule has 4 rings (SSSR count). The minimum atomic E-state index is -1.58. The maximum Gasteiger partial charge on any atom is 0.299 e. The molecule has 2 aliphatic heterocycles. The number of piperidine rings is 1. The number of piperazine rings is 1. The van der Waals surface area contributed by atoms with Crippen LogP contribution in [0.4, 0.5) is 20.4 Å². The van der Waals surface area contributed by atoms with E-state index in [1.54, 1.807) is 0 Å². The van der Waals surface area contributed by atoms with E-state index >= 15 is 0 Å². The zero-order chi connectivity index (χ0) is 19.0. The van der Waals surface area contributed by atoms with Gasteiger partial charge < -0.3 is 20.1 Å². The molecule has 2 aromatic rings. The highest BCUT2D eigenvalue weighted by Gasteiger charge is 2.24. The number of H-pyrrole nitrogens is 1. The zero-order valence-corrected chi connectivity index (χ0v) is 15.3. The van der Waals surface area contributed by atoms with Crippen molar-refractivity contribution in [3.05, 3.63) is 27.7 Å². The number of aromatic nitrogens is 4. The number of rotatable bonds is 3. The molecule has 146 valence electrons. The van der Waals surface area contributed by atoms with Crippen LogP contribution in [0.25, 0.3) is 5.78 Å². The molecule has 8 nitrogen and oxygen atoms in total. The van der Waals surface area contributed by atoms with Crippen molar-refractivity contribution in [3.8, 4) is 0 Å². The minimum Gasteiger partial charge on any atom is -0.363 e. The number of nitrogens with one attached hydrogen (secondary N) is 2. The topological polar surface area (TPSA) is 81.6 Å². The van der Waals surface area contributed by atoms with Crippen LogP contribution in [0.5, 0.6) is 0 Å². The van der Waals surface area contributed by atoms with E-state index in [4.69, 9.17) is 0 Å². The van der Waals surface area contributed by atoms with E-state index in [0.29, 0.717) is 36.9 Å². The van der Waals surface area contributed by atoms with Crippen molar-refractivity contribution in [3.63, 3.8) is 0 Å². The monoisotopic (exact) mass is 379 g/mol. The smallest absolute Gasteiger partial charge is 0.299 e. The molecule has 2 saturated heterocycles. The Labute approximate surface area is 154 Å². The van der Waals surface area contributed by atoms with Crippen LogP contribution in [0.15, 0.2) is 16.4 Å². The van der Waals surface area contributed by atoms with Crippen molar-refractivity contribution >= 4 is 17.4 Å². The fraction of sp³-hybridized carbons (Fsp3) is 0.588. The molecule has 2 fully saturated rings. The number of nitrogens with zero attached hydrogens (tertiary/aromatic N) is 5. The van der Waals surface area contributed by atoms with Crippen molar-refractivity contribution in [1.29, 1.82) is 0 Å². The molecular formula is C17H23F2N7O. The lowest BCUT2D eigenvalue weighted by atomic mass is 10.1. The molecule has 10 heteroatoms. The third-order valence-electron chi connectivity index (χ3n) is 5.24. The summed E-state index contributed by atoms with van der Waals surface area (Å²) in [5.74, 6) is 0.796. The van der Waals surface area contributed by atoms with Gasteiger partial charge in [-0.05, 0) is 24.8 Å². The van der Waals surface area contributed by atoms with Crippen LogP contribution in [0, 0.1) is 0 Å². The molecule has 0 amide bonds. The largest absolute Gasteiger partial charge is 0.363 e. The minimum absolute atomic E-state index is 0.186. The van der Waals surface area contributed by atoms with Crippen LogP contribution in [0.1, 0.15) is 25.5 Å². The second-order valence-electron chi connectivity index (χ2n) is 6.85. The van der Waals surface area contributed by atoms with Gasteiger partial charge in [0.05, 0.1) is 0 Å². The van der Waals surface area contributed by atoms with Gasteiger partial charge in [0.1, 0.15) is 5.69 Å². The van der Waals surface area contributed by atoms with Gasteiger partial charge in [-0.25, -0.2) is 0 Å². The third kappa shape index (κ3) is 3.29. The lowest BCUT2D eigenvalue weighted by Gasteiger charge is -2.29. The molecule has 0 aromatic carbocycles. The van der Waals surface area contributed by atoms with Crippen LogP contribution < -0.4 is 20.7 Å².